The van der Waals surface area contributed by atoms with Gasteiger partial charge in [0, 0.05) is 0 Å². The van der Waals surface area contributed by atoms with Crippen molar-refractivity contribution < 1.29 is 15.0 Å². The molecule has 0 radical (unpaired) electrons. The second kappa shape index (κ2) is 6.57. The highest BCUT2D eigenvalue weighted by Gasteiger charge is 2.17. The van der Waals surface area contributed by atoms with Gasteiger partial charge in [-0.25, -0.2) is 0 Å². The highest BCUT2D eigenvalue weighted by atomic mass is 79.9. The first kappa shape index (κ1) is 15.3. The lowest BCUT2D eigenvalue weighted by molar-refractivity contribution is -0.133. The van der Waals surface area contributed by atoms with Gasteiger partial charge in [0.25, 0.3) is 0 Å². The van der Waals surface area contributed by atoms with E-state index in [1.54, 1.807) is 22.8 Å². The summed E-state index contributed by atoms with van der Waals surface area (Å²) in [6, 6.07) is 5.22. The molecule has 0 bridgehead atoms. The molecule has 1 heterocycles. The van der Waals surface area contributed by atoms with Crippen LogP contribution in [0.2, 0.25) is 5.02 Å². The molecule has 1 aromatic heterocycles. The highest BCUT2D eigenvalue weighted by Crippen LogP contribution is 2.32. The van der Waals surface area contributed by atoms with E-state index in [4.69, 9.17) is 16.7 Å². The van der Waals surface area contributed by atoms with Crippen LogP contribution in [0.1, 0.15) is 5.82 Å². The summed E-state index contributed by atoms with van der Waals surface area (Å²) in [5.41, 5.74) is 0.638. The van der Waals surface area contributed by atoms with Crippen molar-refractivity contribution in [2.24, 2.45) is 0 Å². The molecule has 2 rings (SSSR count). The Hall–Kier alpha value is -1.09. The summed E-state index contributed by atoms with van der Waals surface area (Å²) in [7, 11) is 0. The molecule has 0 atom stereocenters. The number of rotatable bonds is 5. The molecule has 1 aromatic carbocycles. The SMILES string of the molecule is O=C(O)CSc1nnc(CO)n1-c1cccc(Cl)c1Br. The van der Waals surface area contributed by atoms with Crippen LogP contribution in [0.4, 0.5) is 0 Å². The number of carbonyl (C=O) groups is 1. The van der Waals surface area contributed by atoms with E-state index in [0.717, 1.165) is 11.8 Å². The number of aliphatic hydroxyl groups is 1. The highest BCUT2D eigenvalue weighted by molar-refractivity contribution is 9.10. The number of aliphatic hydroxyl groups excluding tert-OH is 1. The fourth-order valence-corrected chi connectivity index (χ4v) is 2.82. The van der Waals surface area contributed by atoms with Crippen LogP contribution in [0.5, 0.6) is 0 Å². The van der Waals surface area contributed by atoms with Crippen molar-refractivity contribution in [1.29, 1.82) is 0 Å². The van der Waals surface area contributed by atoms with E-state index in [-0.39, 0.29) is 12.4 Å². The molecule has 0 unspecified atom stereocenters. The zero-order valence-electron chi connectivity index (χ0n) is 9.95. The molecule has 9 heteroatoms. The molecular formula is C11H9BrClN3O3S. The number of hydrogen-bond acceptors (Lipinski definition) is 5. The van der Waals surface area contributed by atoms with Gasteiger partial charge in [0.2, 0.25) is 0 Å². The summed E-state index contributed by atoms with van der Waals surface area (Å²) >= 11 is 10.4. The molecule has 0 aliphatic rings. The molecule has 0 saturated heterocycles. The summed E-state index contributed by atoms with van der Waals surface area (Å²) in [6.07, 6.45) is 0. The lowest BCUT2D eigenvalue weighted by atomic mass is 10.3. The van der Waals surface area contributed by atoms with Crippen LogP contribution in [0.15, 0.2) is 27.8 Å². The van der Waals surface area contributed by atoms with E-state index in [9.17, 15) is 9.90 Å². The van der Waals surface area contributed by atoms with Crippen LogP contribution in [-0.4, -0.2) is 36.7 Å². The van der Waals surface area contributed by atoms with Gasteiger partial charge in [-0.2, -0.15) is 0 Å². The van der Waals surface area contributed by atoms with Gasteiger partial charge in [-0.15, -0.1) is 10.2 Å². The Labute approximate surface area is 131 Å². The third-order valence-electron chi connectivity index (χ3n) is 2.34. The summed E-state index contributed by atoms with van der Waals surface area (Å²) in [5, 5.41) is 26.7. The van der Waals surface area contributed by atoms with Crippen LogP contribution in [0.3, 0.4) is 0 Å². The van der Waals surface area contributed by atoms with E-state index >= 15 is 0 Å². The molecule has 20 heavy (non-hydrogen) atoms. The maximum absolute atomic E-state index is 10.7. The van der Waals surface area contributed by atoms with Gasteiger partial charge < -0.3 is 10.2 Å². The predicted molar refractivity (Wildman–Crippen MR) is 78.4 cm³/mol. The minimum absolute atomic E-state index is 0.151. The van der Waals surface area contributed by atoms with Gasteiger partial charge in [-0.1, -0.05) is 29.4 Å². The number of aliphatic carboxylic acids is 1. The predicted octanol–water partition coefficient (Wildman–Crippen LogP) is 2.35. The van der Waals surface area contributed by atoms with Crippen molar-refractivity contribution in [3.63, 3.8) is 0 Å². The van der Waals surface area contributed by atoms with Gasteiger partial charge in [0.05, 0.1) is 20.9 Å². The van der Waals surface area contributed by atoms with E-state index in [1.165, 1.54) is 0 Å². The normalized spacial score (nSPS) is 10.8. The number of halogens is 2. The smallest absolute Gasteiger partial charge is 0.313 e. The zero-order chi connectivity index (χ0) is 14.7. The topological polar surface area (TPSA) is 88.2 Å². The number of benzene rings is 1. The molecule has 0 aliphatic heterocycles. The average Bonchev–Trinajstić information content (AvgIpc) is 2.82. The third kappa shape index (κ3) is 3.14. The van der Waals surface area contributed by atoms with E-state index in [1.807, 2.05) is 0 Å². The summed E-state index contributed by atoms with van der Waals surface area (Å²) < 4.78 is 2.19. The largest absolute Gasteiger partial charge is 0.481 e. The summed E-state index contributed by atoms with van der Waals surface area (Å²) in [5.74, 6) is -0.803. The minimum atomic E-state index is -0.958. The molecule has 2 aromatic rings. The standard InChI is InChI=1S/C11H9BrClN3O3S/c12-10-6(13)2-1-3-7(10)16-8(4-17)14-15-11(16)20-5-9(18)19/h1-3,17H,4-5H2,(H,18,19). The Morgan fingerprint density at radius 3 is 2.85 bits per heavy atom. The number of carboxylic acids is 1. The van der Waals surface area contributed by atoms with Gasteiger partial charge in [0.15, 0.2) is 11.0 Å². The fourth-order valence-electron chi connectivity index (χ4n) is 1.53. The Kier molecular flexibility index (Phi) is 5.03. The summed E-state index contributed by atoms with van der Waals surface area (Å²) in [4.78, 5) is 10.7. The quantitative estimate of drug-likeness (QED) is 0.777. The van der Waals surface area contributed by atoms with Crippen molar-refractivity contribution in [1.82, 2.24) is 14.8 Å². The Balaban J connectivity index is 2.50. The van der Waals surface area contributed by atoms with Crippen molar-refractivity contribution in [2.75, 3.05) is 5.75 Å². The van der Waals surface area contributed by atoms with E-state index in [2.05, 4.69) is 26.1 Å². The molecule has 0 fully saturated rings. The van der Waals surface area contributed by atoms with Crippen LogP contribution >= 0.6 is 39.3 Å². The van der Waals surface area contributed by atoms with E-state index in [0.29, 0.717) is 26.2 Å². The molecule has 106 valence electrons. The van der Waals surface area contributed by atoms with Crippen molar-refractivity contribution >= 4 is 45.3 Å². The Morgan fingerprint density at radius 1 is 1.45 bits per heavy atom. The average molecular weight is 379 g/mol. The first-order valence-electron chi connectivity index (χ1n) is 5.38. The number of hydrogen-bond donors (Lipinski definition) is 2. The Bertz CT molecular complexity index is 650. The maximum atomic E-state index is 10.7. The van der Waals surface area contributed by atoms with Gasteiger partial charge in [0.1, 0.15) is 6.61 Å². The number of aromatic nitrogens is 3. The molecule has 6 nitrogen and oxygen atoms in total. The van der Waals surface area contributed by atoms with Gasteiger partial charge >= 0.3 is 5.97 Å². The molecule has 2 N–H and O–H groups in total. The molecule has 0 spiro atoms. The second-order valence-electron chi connectivity index (χ2n) is 3.65. The van der Waals surface area contributed by atoms with Gasteiger partial charge in [-0.3, -0.25) is 9.36 Å². The molecule has 0 amide bonds. The first-order chi connectivity index (χ1) is 9.54. The number of nitrogens with zero attached hydrogens (tertiary/aromatic N) is 3. The third-order valence-corrected chi connectivity index (χ3v) is 4.63. The molecular weight excluding hydrogens is 370 g/mol. The van der Waals surface area contributed by atoms with Crippen LogP contribution in [0, 0.1) is 0 Å². The minimum Gasteiger partial charge on any atom is -0.481 e. The fraction of sp³-hybridized carbons (Fsp3) is 0.182. The van der Waals surface area contributed by atoms with Crippen LogP contribution in [0.25, 0.3) is 5.69 Å². The van der Waals surface area contributed by atoms with Crippen molar-refractivity contribution in [2.45, 2.75) is 11.8 Å². The van der Waals surface area contributed by atoms with Crippen molar-refractivity contribution in [3.05, 3.63) is 33.5 Å². The second-order valence-corrected chi connectivity index (χ2v) is 5.79. The lowest BCUT2D eigenvalue weighted by Gasteiger charge is -2.11. The number of thioether (sulfide) groups is 1. The van der Waals surface area contributed by atoms with Crippen LogP contribution in [-0.2, 0) is 11.4 Å². The van der Waals surface area contributed by atoms with Crippen LogP contribution < -0.4 is 0 Å². The van der Waals surface area contributed by atoms with E-state index < -0.39 is 5.97 Å². The number of carboxylic acid groups (broad SMARTS) is 1. The molecule has 0 saturated carbocycles. The lowest BCUT2D eigenvalue weighted by Crippen LogP contribution is -2.05. The molecule has 0 aliphatic carbocycles. The zero-order valence-corrected chi connectivity index (χ0v) is 13.1. The maximum Gasteiger partial charge on any atom is 0.313 e. The van der Waals surface area contributed by atoms with Crippen molar-refractivity contribution in [3.8, 4) is 5.69 Å². The monoisotopic (exact) mass is 377 g/mol. The Morgan fingerprint density at radius 2 is 2.20 bits per heavy atom. The van der Waals surface area contributed by atoms with Gasteiger partial charge in [-0.05, 0) is 28.1 Å². The summed E-state index contributed by atoms with van der Waals surface area (Å²) in [6.45, 7) is -0.320. The first-order valence-corrected chi connectivity index (χ1v) is 7.54.